The van der Waals surface area contributed by atoms with Gasteiger partial charge in [-0.1, -0.05) is 51.5 Å². The summed E-state index contributed by atoms with van der Waals surface area (Å²) in [5.41, 5.74) is 0. The number of hydrogen-bond acceptors (Lipinski definition) is 3. The molecule has 22 heavy (non-hydrogen) atoms. The van der Waals surface area contributed by atoms with Gasteiger partial charge in [0.2, 0.25) is 0 Å². The maximum absolute atomic E-state index is 12.5. The molecule has 0 saturated heterocycles. The third kappa shape index (κ3) is 6.18. The third-order valence-corrected chi connectivity index (χ3v) is 5.30. The molecule has 0 radical (unpaired) electrons. The molecule has 2 atom stereocenters. The van der Waals surface area contributed by atoms with Crippen LogP contribution in [0.15, 0.2) is 29.2 Å². The minimum absolute atomic E-state index is 0.450. The quantitative estimate of drug-likeness (QED) is 0.624. The van der Waals surface area contributed by atoms with Gasteiger partial charge in [0, 0.05) is 4.90 Å². The first-order chi connectivity index (χ1) is 10.6. The zero-order valence-electron chi connectivity index (χ0n) is 13.4. The van der Waals surface area contributed by atoms with Gasteiger partial charge in [0.25, 0.3) is 0 Å². The Morgan fingerprint density at radius 3 is 2.55 bits per heavy atom. The van der Waals surface area contributed by atoms with Crippen LogP contribution in [0.4, 0.5) is 0 Å². The molecule has 1 aromatic carbocycles. The van der Waals surface area contributed by atoms with E-state index in [4.69, 9.17) is 4.74 Å². The first-order valence-corrected chi connectivity index (χ1v) is 9.08. The van der Waals surface area contributed by atoms with Gasteiger partial charge < -0.3 is 9.84 Å². The standard InChI is InChI=1S/C17H26O4S/c1-3-4-5-6-7-8-12-16(17(18)19)22(20)15-11-9-10-14(13-15)21-2/h9-11,13,16H,3-8,12H2,1-2H3,(H,18,19). The van der Waals surface area contributed by atoms with Crippen molar-refractivity contribution in [2.24, 2.45) is 0 Å². The summed E-state index contributed by atoms with van der Waals surface area (Å²) >= 11 is 0. The lowest BCUT2D eigenvalue weighted by atomic mass is 10.1. The summed E-state index contributed by atoms with van der Waals surface area (Å²) < 4.78 is 17.6. The van der Waals surface area contributed by atoms with Crippen LogP contribution < -0.4 is 4.74 Å². The third-order valence-electron chi connectivity index (χ3n) is 3.63. The van der Waals surface area contributed by atoms with Crippen LogP contribution >= 0.6 is 0 Å². The highest BCUT2D eigenvalue weighted by atomic mass is 32.2. The van der Waals surface area contributed by atoms with E-state index in [-0.39, 0.29) is 0 Å². The van der Waals surface area contributed by atoms with E-state index in [1.807, 2.05) is 0 Å². The minimum atomic E-state index is -1.55. The molecule has 0 amide bonds. The summed E-state index contributed by atoms with van der Waals surface area (Å²) in [5, 5.41) is 8.50. The van der Waals surface area contributed by atoms with Crippen LogP contribution in [0.2, 0.25) is 0 Å². The van der Waals surface area contributed by atoms with Gasteiger partial charge in [-0.2, -0.15) is 0 Å². The topological polar surface area (TPSA) is 63.6 Å². The van der Waals surface area contributed by atoms with Gasteiger partial charge in [-0.3, -0.25) is 9.00 Å². The lowest BCUT2D eigenvalue weighted by molar-refractivity contribution is -0.136. The highest BCUT2D eigenvalue weighted by Gasteiger charge is 2.25. The average Bonchev–Trinajstić information content (AvgIpc) is 2.53. The van der Waals surface area contributed by atoms with Crippen LogP contribution in [0, 0.1) is 0 Å². The predicted octanol–water partition coefficient (Wildman–Crippen LogP) is 4.01. The van der Waals surface area contributed by atoms with Crippen molar-refractivity contribution in [1.82, 2.24) is 0 Å². The first-order valence-electron chi connectivity index (χ1n) is 7.87. The van der Waals surface area contributed by atoms with Crippen LogP contribution in [-0.4, -0.2) is 27.6 Å². The van der Waals surface area contributed by atoms with Gasteiger partial charge in [-0.05, 0) is 24.6 Å². The molecule has 0 aromatic heterocycles. The Bertz CT molecular complexity index is 487. The van der Waals surface area contributed by atoms with E-state index in [0.717, 1.165) is 19.3 Å². The molecule has 1 aromatic rings. The number of carbonyl (C=O) groups is 1. The first kappa shape index (κ1) is 18.7. The fourth-order valence-electron chi connectivity index (χ4n) is 2.32. The number of unbranched alkanes of at least 4 members (excludes halogenated alkanes) is 5. The number of rotatable bonds is 11. The number of benzene rings is 1. The minimum Gasteiger partial charge on any atom is -0.497 e. The van der Waals surface area contributed by atoms with Crippen LogP contribution in [0.3, 0.4) is 0 Å². The van der Waals surface area contributed by atoms with Gasteiger partial charge in [-0.25, -0.2) is 0 Å². The van der Waals surface area contributed by atoms with Crippen molar-refractivity contribution in [2.45, 2.75) is 62.0 Å². The Morgan fingerprint density at radius 1 is 1.23 bits per heavy atom. The zero-order valence-corrected chi connectivity index (χ0v) is 14.2. The van der Waals surface area contributed by atoms with E-state index in [0.29, 0.717) is 17.1 Å². The molecule has 2 unspecified atom stereocenters. The summed E-state index contributed by atoms with van der Waals surface area (Å²) in [6.07, 6.45) is 6.97. The van der Waals surface area contributed by atoms with Gasteiger partial charge in [0.1, 0.15) is 11.0 Å². The molecule has 0 saturated carbocycles. The maximum atomic E-state index is 12.5. The summed E-state index contributed by atoms with van der Waals surface area (Å²) in [5.74, 6) is -0.399. The fraction of sp³-hybridized carbons (Fsp3) is 0.588. The van der Waals surface area contributed by atoms with Crippen molar-refractivity contribution in [3.8, 4) is 5.75 Å². The molecule has 124 valence electrons. The van der Waals surface area contributed by atoms with Crippen LogP contribution in [0.25, 0.3) is 0 Å². The van der Waals surface area contributed by atoms with E-state index < -0.39 is 22.0 Å². The SMILES string of the molecule is CCCCCCCCC(C(=O)O)S(=O)c1cccc(OC)c1. The van der Waals surface area contributed by atoms with Gasteiger partial charge in [-0.15, -0.1) is 0 Å². The number of ether oxygens (including phenoxy) is 1. The Balaban J connectivity index is 2.58. The van der Waals surface area contributed by atoms with Crippen molar-refractivity contribution in [3.05, 3.63) is 24.3 Å². The maximum Gasteiger partial charge on any atom is 0.319 e. The number of aliphatic carboxylic acids is 1. The van der Waals surface area contributed by atoms with E-state index in [9.17, 15) is 14.1 Å². The van der Waals surface area contributed by atoms with Crippen LogP contribution in [0.1, 0.15) is 51.9 Å². The van der Waals surface area contributed by atoms with E-state index in [2.05, 4.69) is 6.92 Å². The molecule has 0 bridgehead atoms. The summed E-state index contributed by atoms with van der Waals surface area (Å²) in [4.78, 5) is 11.9. The smallest absolute Gasteiger partial charge is 0.319 e. The molecule has 0 aliphatic carbocycles. The van der Waals surface area contributed by atoms with E-state index >= 15 is 0 Å². The molecule has 0 aliphatic rings. The van der Waals surface area contributed by atoms with Crippen LogP contribution in [0.5, 0.6) is 5.75 Å². The highest BCUT2D eigenvalue weighted by Crippen LogP contribution is 2.21. The van der Waals surface area contributed by atoms with Crippen LogP contribution in [-0.2, 0) is 15.6 Å². The van der Waals surface area contributed by atoms with Crippen molar-refractivity contribution in [3.63, 3.8) is 0 Å². The molecule has 0 spiro atoms. The number of hydrogen-bond donors (Lipinski definition) is 1. The average molecular weight is 326 g/mol. The van der Waals surface area contributed by atoms with Crippen molar-refractivity contribution in [2.75, 3.05) is 7.11 Å². The summed E-state index contributed by atoms with van der Waals surface area (Å²) in [6, 6.07) is 6.82. The molecule has 1 N–H and O–H groups in total. The molecule has 4 nitrogen and oxygen atoms in total. The van der Waals surface area contributed by atoms with Crippen molar-refractivity contribution >= 4 is 16.8 Å². The Morgan fingerprint density at radius 2 is 1.91 bits per heavy atom. The Kier molecular flexibility index (Phi) is 8.82. The highest BCUT2D eigenvalue weighted by molar-refractivity contribution is 7.86. The van der Waals surface area contributed by atoms with Crippen molar-refractivity contribution in [1.29, 1.82) is 0 Å². The van der Waals surface area contributed by atoms with E-state index in [1.165, 1.54) is 26.4 Å². The molecule has 0 aliphatic heterocycles. The molecular weight excluding hydrogens is 300 g/mol. The predicted molar refractivity (Wildman–Crippen MR) is 88.8 cm³/mol. The Hall–Kier alpha value is -1.36. The molecular formula is C17H26O4S. The largest absolute Gasteiger partial charge is 0.497 e. The van der Waals surface area contributed by atoms with E-state index in [1.54, 1.807) is 24.3 Å². The second-order valence-electron chi connectivity index (χ2n) is 5.36. The molecule has 5 heteroatoms. The summed E-state index contributed by atoms with van der Waals surface area (Å²) in [6.45, 7) is 2.16. The number of carboxylic acid groups (broad SMARTS) is 1. The summed E-state index contributed by atoms with van der Waals surface area (Å²) in [7, 11) is -0.0168. The molecule has 0 heterocycles. The number of methoxy groups -OCH3 is 1. The molecule has 0 fully saturated rings. The van der Waals surface area contributed by atoms with Gasteiger partial charge in [0.15, 0.2) is 0 Å². The second kappa shape index (κ2) is 10.4. The normalized spacial score (nSPS) is 13.5. The number of carboxylic acids is 1. The van der Waals surface area contributed by atoms with Gasteiger partial charge in [0.05, 0.1) is 17.9 Å². The Labute approximate surface area is 135 Å². The monoisotopic (exact) mass is 326 g/mol. The molecule has 1 rings (SSSR count). The zero-order chi connectivity index (χ0) is 16.4. The fourth-order valence-corrected chi connectivity index (χ4v) is 3.66. The van der Waals surface area contributed by atoms with Crippen molar-refractivity contribution < 1.29 is 18.8 Å². The van der Waals surface area contributed by atoms with Gasteiger partial charge >= 0.3 is 5.97 Å². The second-order valence-corrected chi connectivity index (χ2v) is 6.99. The lowest BCUT2D eigenvalue weighted by Crippen LogP contribution is -2.25. The lowest BCUT2D eigenvalue weighted by Gasteiger charge is -2.13.